The third-order valence-electron chi connectivity index (χ3n) is 8.08. The molecule has 4 saturated carbocycles. The number of benzene rings is 1. The summed E-state index contributed by atoms with van der Waals surface area (Å²) in [4.78, 5) is 15.3. The Morgan fingerprint density at radius 3 is 2.31 bits per heavy atom. The van der Waals surface area contributed by atoms with Crippen molar-refractivity contribution in [1.29, 1.82) is 0 Å². The van der Waals surface area contributed by atoms with Crippen LogP contribution in [-0.4, -0.2) is 23.9 Å². The van der Waals surface area contributed by atoms with Crippen molar-refractivity contribution < 1.29 is 4.79 Å². The summed E-state index contributed by atoms with van der Waals surface area (Å²) in [6.07, 6.45) is 12.6. The molecule has 0 N–H and O–H groups in total. The van der Waals surface area contributed by atoms with Crippen LogP contribution >= 0.6 is 0 Å². The van der Waals surface area contributed by atoms with E-state index in [9.17, 15) is 4.79 Å². The standard InChI is InChI=1S/C24H33NO/c1-18-5-7-21(8-6-18)24-14-19-11-20(15-24)13-23(12-19,17-24)16-22(26)25-9-3-2-4-10-25/h5-8,19-20H,2-4,9-17H2,1H3/t19-,20+,23?,24?. The number of aryl methyl sites for hydroxylation is 1. The fraction of sp³-hybridized carbons (Fsp3) is 0.708. The van der Waals surface area contributed by atoms with E-state index in [-0.39, 0.29) is 0 Å². The van der Waals surface area contributed by atoms with Crippen molar-refractivity contribution in [3.05, 3.63) is 35.4 Å². The minimum Gasteiger partial charge on any atom is -0.343 e. The SMILES string of the molecule is Cc1ccc(C23C[C@@H]4C[C@@H](CC(CC(=O)N5CCCCC5)(C4)C2)C3)cc1. The Morgan fingerprint density at radius 1 is 1.00 bits per heavy atom. The molecule has 1 aromatic carbocycles. The third-order valence-corrected chi connectivity index (χ3v) is 8.08. The molecule has 1 aromatic rings. The lowest BCUT2D eigenvalue weighted by Crippen LogP contribution is -2.55. The lowest BCUT2D eigenvalue weighted by atomic mass is 9.42. The maximum Gasteiger partial charge on any atom is 0.223 e. The summed E-state index contributed by atoms with van der Waals surface area (Å²) in [5, 5.41) is 0. The molecule has 5 aliphatic rings. The molecule has 0 radical (unpaired) electrons. The molecule has 1 saturated heterocycles. The highest BCUT2D eigenvalue weighted by Crippen LogP contribution is 2.66. The first-order valence-electron chi connectivity index (χ1n) is 10.9. The fourth-order valence-electron chi connectivity index (χ4n) is 7.48. The van der Waals surface area contributed by atoms with Crippen LogP contribution in [0.1, 0.15) is 75.3 Å². The zero-order chi connectivity index (χ0) is 17.8. The van der Waals surface area contributed by atoms with Gasteiger partial charge in [0.2, 0.25) is 5.91 Å². The van der Waals surface area contributed by atoms with E-state index < -0.39 is 0 Å². The molecule has 1 amide bonds. The number of likely N-dealkylation sites (tertiary alicyclic amines) is 1. The zero-order valence-electron chi connectivity index (χ0n) is 16.3. The number of amides is 1. The second kappa shape index (κ2) is 6.11. The predicted octanol–water partition coefficient (Wildman–Crippen LogP) is 5.24. The van der Waals surface area contributed by atoms with E-state index in [1.807, 2.05) is 0 Å². The first-order valence-corrected chi connectivity index (χ1v) is 10.9. The Hall–Kier alpha value is -1.31. The highest BCUT2D eigenvalue weighted by atomic mass is 16.2. The van der Waals surface area contributed by atoms with Crippen molar-refractivity contribution in [1.82, 2.24) is 4.90 Å². The molecular weight excluding hydrogens is 318 g/mol. The topological polar surface area (TPSA) is 20.3 Å². The number of carbonyl (C=O) groups excluding carboxylic acids is 1. The van der Waals surface area contributed by atoms with Gasteiger partial charge in [-0.25, -0.2) is 0 Å². The highest BCUT2D eigenvalue weighted by Gasteiger charge is 2.58. The maximum atomic E-state index is 13.1. The van der Waals surface area contributed by atoms with Crippen molar-refractivity contribution in [3.63, 3.8) is 0 Å². The van der Waals surface area contributed by atoms with Gasteiger partial charge >= 0.3 is 0 Å². The van der Waals surface area contributed by atoms with Gasteiger partial charge in [0.05, 0.1) is 0 Å². The Morgan fingerprint density at radius 2 is 1.65 bits per heavy atom. The first-order chi connectivity index (χ1) is 12.6. The molecule has 2 unspecified atom stereocenters. The van der Waals surface area contributed by atoms with E-state index >= 15 is 0 Å². The first kappa shape index (κ1) is 16.8. The smallest absolute Gasteiger partial charge is 0.223 e. The second-order valence-corrected chi connectivity index (χ2v) is 10.2. The van der Waals surface area contributed by atoms with Crippen molar-refractivity contribution in [3.8, 4) is 0 Å². The van der Waals surface area contributed by atoms with Crippen LogP contribution in [0.25, 0.3) is 0 Å². The second-order valence-electron chi connectivity index (χ2n) is 10.2. The molecule has 0 spiro atoms. The van der Waals surface area contributed by atoms with Gasteiger partial charge in [-0.2, -0.15) is 0 Å². The van der Waals surface area contributed by atoms with Gasteiger partial charge in [0.25, 0.3) is 0 Å². The van der Waals surface area contributed by atoms with Gasteiger partial charge in [-0.1, -0.05) is 29.8 Å². The van der Waals surface area contributed by atoms with Crippen LogP contribution in [0, 0.1) is 24.2 Å². The fourth-order valence-corrected chi connectivity index (χ4v) is 7.48. The molecule has 5 fully saturated rings. The van der Waals surface area contributed by atoms with Crippen molar-refractivity contribution >= 4 is 5.91 Å². The van der Waals surface area contributed by atoms with Gasteiger partial charge in [-0.3, -0.25) is 4.79 Å². The Kier molecular flexibility index (Phi) is 3.95. The number of carbonyl (C=O) groups is 1. The van der Waals surface area contributed by atoms with Crippen LogP contribution in [0.15, 0.2) is 24.3 Å². The van der Waals surface area contributed by atoms with Gasteiger partial charge in [-0.15, -0.1) is 0 Å². The van der Waals surface area contributed by atoms with Gasteiger partial charge in [0.1, 0.15) is 0 Å². The van der Waals surface area contributed by atoms with Gasteiger partial charge in [0.15, 0.2) is 0 Å². The van der Waals surface area contributed by atoms with Gasteiger partial charge < -0.3 is 4.90 Å². The highest BCUT2D eigenvalue weighted by molar-refractivity contribution is 5.77. The summed E-state index contributed by atoms with van der Waals surface area (Å²) in [7, 11) is 0. The van der Waals surface area contributed by atoms with Crippen molar-refractivity contribution in [2.24, 2.45) is 17.3 Å². The summed E-state index contributed by atoms with van der Waals surface area (Å²) in [5.41, 5.74) is 3.57. The maximum absolute atomic E-state index is 13.1. The molecule has 2 nitrogen and oxygen atoms in total. The average Bonchev–Trinajstić information content (AvgIpc) is 2.61. The third kappa shape index (κ3) is 2.80. The van der Waals surface area contributed by atoms with E-state index in [2.05, 4.69) is 36.1 Å². The summed E-state index contributed by atoms with van der Waals surface area (Å²) in [6.45, 7) is 4.19. The summed E-state index contributed by atoms with van der Waals surface area (Å²) >= 11 is 0. The summed E-state index contributed by atoms with van der Waals surface area (Å²) in [5.74, 6) is 2.17. The molecule has 1 aliphatic heterocycles. The molecule has 6 rings (SSSR count). The molecule has 4 aliphatic carbocycles. The lowest BCUT2D eigenvalue weighted by molar-refractivity contribution is -0.141. The number of rotatable bonds is 3. The Balaban J connectivity index is 1.41. The molecule has 26 heavy (non-hydrogen) atoms. The van der Waals surface area contributed by atoms with E-state index in [0.29, 0.717) is 16.7 Å². The quantitative estimate of drug-likeness (QED) is 0.729. The molecular formula is C24H33NO. The zero-order valence-corrected chi connectivity index (χ0v) is 16.3. The number of hydrogen-bond donors (Lipinski definition) is 0. The monoisotopic (exact) mass is 351 g/mol. The minimum absolute atomic E-state index is 0.295. The Labute approximate surface area is 158 Å². The normalized spacial score (nSPS) is 38.6. The molecule has 2 heteroatoms. The lowest BCUT2D eigenvalue weighted by Gasteiger charge is -2.62. The average molecular weight is 352 g/mol. The predicted molar refractivity (Wildman–Crippen MR) is 105 cm³/mol. The number of piperidine rings is 1. The number of hydrogen-bond acceptors (Lipinski definition) is 1. The molecule has 0 aromatic heterocycles. The van der Waals surface area contributed by atoms with E-state index in [1.54, 1.807) is 5.56 Å². The van der Waals surface area contributed by atoms with Gasteiger partial charge in [0, 0.05) is 19.5 Å². The van der Waals surface area contributed by atoms with E-state index in [4.69, 9.17) is 0 Å². The van der Waals surface area contributed by atoms with E-state index in [1.165, 1.54) is 63.4 Å². The number of nitrogens with zero attached hydrogens (tertiary/aromatic N) is 1. The van der Waals surface area contributed by atoms with Crippen LogP contribution in [0.4, 0.5) is 0 Å². The molecule has 4 atom stereocenters. The van der Waals surface area contributed by atoms with Gasteiger partial charge in [-0.05, 0) is 92.9 Å². The van der Waals surface area contributed by atoms with Crippen LogP contribution in [0.5, 0.6) is 0 Å². The molecule has 4 bridgehead atoms. The molecule has 140 valence electrons. The van der Waals surface area contributed by atoms with Crippen molar-refractivity contribution in [2.75, 3.05) is 13.1 Å². The van der Waals surface area contributed by atoms with Crippen LogP contribution in [0.2, 0.25) is 0 Å². The van der Waals surface area contributed by atoms with Crippen molar-refractivity contribution in [2.45, 2.75) is 76.5 Å². The van der Waals surface area contributed by atoms with E-state index in [0.717, 1.165) is 31.3 Å². The largest absolute Gasteiger partial charge is 0.343 e. The van der Waals surface area contributed by atoms with Crippen LogP contribution < -0.4 is 0 Å². The van der Waals surface area contributed by atoms with Crippen LogP contribution in [0.3, 0.4) is 0 Å². The van der Waals surface area contributed by atoms with Crippen LogP contribution in [-0.2, 0) is 10.2 Å². The summed E-state index contributed by atoms with van der Waals surface area (Å²) < 4.78 is 0. The Bertz CT molecular complexity index is 671. The minimum atomic E-state index is 0.295. The molecule has 1 heterocycles. The summed E-state index contributed by atoms with van der Waals surface area (Å²) in [6, 6.07) is 9.37.